The quantitative estimate of drug-likeness (QED) is 0.853. The molecule has 7 nitrogen and oxygen atoms in total. The standard InChI is InChI=1S/C19H29N7/c1-2-24-7-3-4-16(13-24)14-25-8-9-26-18(15-25)10-17(23-26)11-22-19-12-20-5-6-21-19/h5-6,10,12,16H,2-4,7-9,11,13-15H2,1H3,(H,21,22)/t16-/m1/s1. The first-order chi connectivity index (χ1) is 12.8. The molecule has 4 heterocycles. The van der Waals surface area contributed by atoms with E-state index in [2.05, 4.69) is 42.8 Å². The van der Waals surface area contributed by atoms with Gasteiger partial charge in [0.15, 0.2) is 0 Å². The van der Waals surface area contributed by atoms with Gasteiger partial charge in [0.25, 0.3) is 0 Å². The van der Waals surface area contributed by atoms with Gasteiger partial charge in [-0.05, 0) is 37.9 Å². The van der Waals surface area contributed by atoms with Crippen molar-refractivity contribution in [2.75, 3.05) is 38.0 Å². The third kappa shape index (κ3) is 4.22. The van der Waals surface area contributed by atoms with Crippen molar-refractivity contribution in [3.63, 3.8) is 0 Å². The fraction of sp³-hybridized carbons (Fsp3) is 0.632. The second kappa shape index (κ2) is 8.14. The molecular weight excluding hydrogens is 326 g/mol. The van der Waals surface area contributed by atoms with Crippen LogP contribution in [0.2, 0.25) is 0 Å². The summed E-state index contributed by atoms with van der Waals surface area (Å²) < 4.78 is 2.17. The lowest BCUT2D eigenvalue weighted by atomic mass is 9.97. The summed E-state index contributed by atoms with van der Waals surface area (Å²) in [6.07, 6.45) is 7.84. The number of rotatable bonds is 6. The number of aromatic nitrogens is 4. The van der Waals surface area contributed by atoms with Crippen LogP contribution >= 0.6 is 0 Å². The van der Waals surface area contributed by atoms with Crippen LogP contribution in [0, 0.1) is 5.92 Å². The molecule has 140 valence electrons. The Bertz CT molecular complexity index is 699. The topological polar surface area (TPSA) is 62.1 Å². The van der Waals surface area contributed by atoms with E-state index in [-0.39, 0.29) is 0 Å². The second-order valence-corrected chi connectivity index (χ2v) is 7.43. The van der Waals surface area contributed by atoms with Gasteiger partial charge in [0.2, 0.25) is 0 Å². The van der Waals surface area contributed by atoms with Gasteiger partial charge in [0.1, 0.15) is 5.82 Å². The summed E-state index contributed by atoms with van der Waals surface area (Å²) in [6, 6.07) is 2.23. The fourth-order valence-corrected chi connectivity index (χ4v) is 4.15. The van der Waals surface area contributed by atoms with Gasteiger partial charge in [0, 0.05) is 38.6 Å². The first-order valence-electron chi connectivity index (χ1n) is 9.80. The first kappa shape index (κ1) is 17.4. The van der Waals surface area contributed by atoms with Crippen LogP contribution in [0.5, 0.6) is 0 Å². The lowest BCUT2D eigenvalue weighted by Gasteiger charge is -2.36. The van der Waals surface area contributed by atoms with Gasteiger partial charge in [-0.15, -0.1) is 0 Å². The summed E-state index contributed by atoms with van der Waals surface area (Å²) in [5, 5.41) is 8.03. The molecule has 4 rings (SSSR count). The Morgan fingerprint density at radius 3 is 3.00 bits per heavy atom. The van der Waals surface area contributed by atoms with Crippen molar-refractivity contribution >= 4 is 5.82 Å². The van der Waals surface area contributed by atoms with Crippen molar-refractivity contribution in [3.05, 3.63) is 36.0 Å². The van der Waals surface area contributed by atoms with Crippen LogP contribution in [0.15, 0.2) is 24.7 Å². The molecule has 2 aromatic heterocycles. The van der Waals surface area contributed by atoms with Crippen molar-refractivity contribution in [2.45, 2.75) is 39.4 Å². The Labute approximate surface area is 155 Å². The van der Waals surface area contributed by atoms with E-state index in [1.165, 1.54) is 44.7 Å². The molecule has 2 aliphatic heterocycles. The van der Waals surface area contributed by atoms with Crippen LogP contribution in [0.3, 0.4) is 0 Å². The lowest BCUT2D eigenvalue weighted by molar-refractivity contribution is 0.120. The molecule has 0 bridgehead atoms. The number of likely N-dealkylation sites (tertiary alicyclic amines) is 1. The third-order valence-electron chi connectivity index (χ3n) is 5.51. The van der Waals surface area contributed by atoms with Crippen molar-refractivity contribution < 1.29 is 0 Å². The van der Waals surface area contributed by atoms with E-state index in [9.17, 15) is 0 Å². The molecule has 7 heteroatoms. The SMILES string of the molecule is CCN1CCC[C@@H](CN2CCn3nc(CNc4cnccn4)cc3C2)C1. The lowest BCUT2D eigenvalue weighted by Crippen LogP contribution is -2.43. The number of piperidine rings is 1. The Morgan fingerprint density at radius 2 is 2.15 bits per heavy atom. The highest BCUT2D eigenvalue weighted by Crippen LogP contribution is 2.21. The Morgan fingerprint density at radius 1 is 1.19 bits per heavy atom. The maximum atomic E-state index is 4.74. The Hall–Kier alpha value is -1.99. The smallest absolute Gasteiger partial charge is 0.144 e. The van der Waals surface area contributed by atoms with Gasteiger partial charge in [-0.25, -0.2) is 4.98 Å². The van der Waals surface area contributed by atoms with Crippen LogP contribution in [0.25, 0.3) is 0 Å². The molecule has 0 spiro atoms. The third-order valence-corrected chi connectivity index (χ3v) is 5.51. The molecule has 1 fully saturated rings. The zero-order chi connectivity index (χ0) is 17.8. The second-order valence-electron chi connectivity index (χ2n) is 7.43. The van der Waals surface area contributed by atoms with E-state index in [0.717, 1.165) is 37.1 Å². The molecule has 0 amide bonds. The maximum absolute atomic E-state index is 4.74. The average molecular weight is 355 g/mol. The summed E-state index contributed by atoms with van der Waals surface area (Å²) in [6.45, 7) is 11.0. The molecule has 2 aliphatic rings. The molecule has 0 aromatic carbocycles. The molecule has 1 N–H and O–H groups in total. The molecule has 0 radical (unpaired) electrons. The van der Waals surface area contributed by atoms with E-state index in [1.807, 2.05) is 0 Å². The zero-order valence-electron chi connectivity index (χ0n) is 15.6. The van der Waals surface area contributed by atoms with Crippen molar-refractivity contribution in [3.8, 4) is 0 Å². The maximum Gasteiger partial charge on any atom is 0.144 e. The number of anilines is 1. The molecule has 0 aliphatic carbocycles. The number of hydrogen-bond donors (Lipinski definition) is 1. The zero-order valence-corrected chi connectivity index (χ0v) is 15.6. The van der Waals surface area contributed by atoms with E-state index in [4.69, 9.17) is 5.10 Å². The van der Waals surface area contributed by atoms with Gasteiger partial charge >= 0.3 is 0 Å². The molecule has 1 atom stereocenters. The van der Waals surface area contributed by atoms with E-state index in [0.29, 0.717) is 6.54 Å². The molecule has 2 aromatic rings. The molecule has 26 heavy (non-hydrogen) atoms. The number of hydrogen-bond acceptors (Lipinski definition) is 6. The van der Waals surface area contributed by atoms with Gasteiger partial charge in [-0.2, -0.15) is 5.10 Å². The predicted molar refractivity (Wildman–Crippen MR) is 102 cm³/mol. The van der Waals surface area contributed by atoms with Crippen molar-refractivity contribution in [1.29, 1.82) is 0 Å². The van der Waals surface area contributed by atoms with Crippen LogP contribution in [0.4, 0.5) is 5.82 Å². The number of nitrogens with zero attached hydrogens (tertiary/aromatic N) is 6. The minimum absolute atomic E-state index is 0.687. The van der Waals surface area contributed by atoms with Crippen LogP contribution < -0.4 is 5.32 Å². The van der Waals surface area contributed by atoms with Crippen LogP contribution in [-0.4, -0.2) is 62.3 Å². The number of nitrogens with one attached hydrogen (secondary N) is 1. The highest BCUT2D eigenvalue weighted by Gasteiger charge is 2.24. The minimum Gasteiger partial charge on any atom is -0.363 e. The van der Waals surface area contributed by atoms with Gasteiger partial charge < -0.3 is 10.2 Å². The van der Waals surface area contributed by atoms with E-state index >= 15 is 0 Å². The molecule has 1 saturated heterocycles. The summed E-state index contributed by atoms with van der Waals surface area (Å²) in [5.41, 5.74) is 2.40. The summed E-state index contributed by atoms with van der Waals surface area (Å²) >= 11 is 0. The van der Waals surface area contributed by atoms with E-state index < -0.39 is 0 Å². The highest BCUT2D eigenvalue weighted by atomic mass is 15.3. The van der Waals surface area contributed by atoms with Crippen LogP contribution in [-0.2, 0) is 19.6 Å². The van der Waals surface area contributed by atoms with Crippen molar-refractivity contribution in [2.24, 2.45) is 5.92 Å². The number of fused-ring (bicyclic) bond motifs is 1. The largest absolute Gasteiger partial charge is 0.363 e. The Kier molecular flexibility index (Phi) is 5.45. The first-order valence-corrected chi connectivity index (χ1v) is 9.80. The van der Waals surface area contributed by atoms with Gasteiger partial charge in [-0.3, -0.25) is 14.6 Å². The monoisotopic (exact) mass is 355 g/mol. The summed E-state index contributed by atoms with van der Waals surface area (Å²) in [7, 11) is 0. The summed E-state index contributed by atoms with van der Waals surface area (Å²) in [5.74, 6) is 1.61. The van der Waals surface area contributed by atoms with Crippen LogP contribution in [0.1, 0.15) is 31.2 Å². The molecule has 0 unspecified atom stereocenters. The van der Waals surface area contributed by atoms with Gasteiger partial charge in [0.05, 0.1) is 30.7 Å². The predicted octanol–water partition coefficient (Wildman–Crippen LogP) is 1.83. The fourth-order valence-electron chi connectivity index (χ4n) is 4.15. The molecular formula is C19H29N7. The highest BCUT2D eigenvalue weighted by molar-refractivity contribution is 5.31. The van der Waals surface area contributed by atoms with Crippen molar-refractivity contribution in [1.82, 2.24) is 29.5 Å². The molecule has 0 saturated carbocycles. The summed E-state index contributed by atoms with van der Waals surface area (Å²) in [4.78, 5) is 13.5. The normalized spacial score (nSPS) is 21.5. The minimum atomic E-state index is 0.687. The van der Waals surface area contributed by atoms with Gasteiger partial charge in [-0.1, -0.05) is 6.92 Å². The average Bonchev–Trinajstić information content (AvgIpc) is 3.09. The van der Waals surface area contributed by atoms with E-state index in [1.54, 1.807) is 18.6 Å². The Balaban J connectivity index is 1.31.